The van der Waals surface area contributed by atoms with Gasteiger partial charge in [0.1, 0.15) is 5.82 Å². The van der Waals surface area contributed by atoms with E-state index in [1.165, 1.54) is 43.2 Å². The van der Waals surface area contributed by atoms with E-state index < -0.39 is 0 Å². The molecule has 4 nitrogen and oxygen atoms in total. The van der Waals surface area contributed by atoms with Gasteiger partial charge in [0.05, 0.1) is 11.9 Å². The highest BCUT2D eigenvalue weighted by Gasteiger charge is 2.22. The molecule has 2 aromatic rings. The smallest absolute Gasteiger partial charge is 0.256 e. The van der Waals surface area contributed by atoms with Gasteiger partial charge in [0.25, 0.3) is 5.22 Å². The lowest BCUT2D eigenvalue weighted by Crippen LogP contribution is -2.39. The molecule has 24 heavy (non-hydrogen) atoms. The predicted octanol–water partition coefficient (Wildman–Crippen LogP) is 4.36. The van der Waals surface area contributed by atoms with Crippen molar-refractivity contribution in [3.63, 3.8) is 0 Å². The second-order valence-corrected chi connectivity index (χ2v) is 7.01. The Kier molecular flexibility index (Phi) is 5.56. The van der Waals surface area contributed by atoms with Crippen molar-refractivity contribution in [1.29, 1.82) is 0 Å². The van der Waals surface area contributed by atoms with Gasteiger partial charge in [-0.3, -0.25) is 4.79 Å². The molecule has 1 aliphatic rings. The first-order valence-electron chi connectivity index (χ1n) is 8.24. The Morgan fingerprint density at radius 3 is 2.71 bits per heavy atom. The van der Waals surface area contributed by atoms with Crippen LogP contribution in [0.25, 0.3) is 11.3 Å². The van der Waals surface area contributed by atoms with E-state index in [1.807, 2.05) is 11.9 Å². The molecule has 1 aromatic heterocycles. The third-order valence-corrected chi connectivity index (χ3v) is 5.28. The van der Waals surface area contributed by atoms with Crippen molar-refractivity contribution >= 4 is 17.7 Å². The molecule has 0 unspecified atom stereocenters. The zero-order valence-electron chi connectivity index (χ0n) is 13.7. The van der Waals surface area contributed by atoms with Crippen molar-refractivity contribution in [3.05, 3.63) is 36.3 Å². The number of nitrogens with zero attached hydrogens (tertiary/aromatic N) is 2. The Morgan fingerprint density at radius 1 is 1.29 bits per heavy atom. The van der Waals surface area contributed by atoms with Crippen LogP contribution in [0.5, 0.6) is 0 Å². The Morgan fingerprint density at radius 2 is 2.00 bits per heavy atom. The molecule has 0 N–H and O–H groups in total. The summed E-state index contributed by atoms with van der Waals surface area (Å²) in [5, 5.41) is 0.458. The number of hydrogen-bond donors (Lipinski definition) is 0. The van der Waals surface area contributed by atoms with Crippen molar-refractivity contribution in [3.8, 4) is 11.3 Å². The van der Waals surface area contributed by atoms with Crippen LogP contribution in [-0.4, -0.2) is 34.6 Å². The topological polar surface area (TPSA) is 46.3 Å². The van der Waals surface area contributed by atoms with E-state index >= 15 is 0 Å². The van der Waals surface area contributed by atoms with Crippen molar-refractivity contribution in [2.24, 2.45) is 0 Å². The summed E-state index contributed by atoms with van der Waals surface area (Å²) in [6.45, 7) is 0. The van der Waals surface area contributed by atoms with Crippen LogP contribution in [0.2, 0.25) is 0 Å². The molecule has 0 bridgehead atoms. The first-order chi connectivity index (χ1) is 11.6. The second kappa shape index (κ2) is 7.83. The lowest BCUT2D eigenvalue weighted by Gasteiger charge is -2.31. The first-order valence-corrected chi connectivity index (χ1v) is 9.22. The molecule has 0 atom stereocenters. The predicted molar refractivity (Wildman–Crippen MR) is 92.3 cm³/mol. The van der Waals surface area contributed by atoms with E-state index in [-0.39, 0.29) is 11.7 Å². The fraction of sp³-hybridized carbons (Fsp3) is 0.444. The van der Waals surface area contributed by atoms with Gasteiger partial charge in [-0.25, -0.2) is 9.37 Å². The monoisotopic (exact) mass is 348 g/mol. The highest BCUT2D eigenvalue weighted by molar-refractivity contribution is 7.99. The number of thioether (sulfide) groups is 1. The number of benzene rings is 1. The van der Waals surface area contributed by atoms with Gasteiger partial charge in [0, 0.05) is 18.7 Å². The van der Waals surface area contributed by atoms with Crippen LogP contribution in [0, 0.1) is 5.82 Å². The fourth-order valence-corrected chi connectivity index (χ4v) is 3.70. The van der Waals surface area contributed by atoms with E-state index in [2.05, 4.69) is 4.98 Å². The van der Waals surface area contributed by atoms with E-state index in [4.69, 9.17) is 4.42 Å². The second-order valence-electron chi connectivity index (χ2n) is 6.08. The summed E-state index contributed by atoms with van der Waals surface area (Å²) in [5.41, 5.74) is 0.765. The lowest BCUT2D eigenvalue weighted by atomic mass is 9.94. The number of amides is 1. The van der Waals surface area contributed by atoms with Crippen molar-refractivity contribution in [2.75, 3.05) is 12.8 Å². The standard InChI is InChI=1S/C18H21FN2O2S/c1-21(15-5-3-2-4-6-15)17(22)12-24-18-20-11-16(23-18)13-7-9-14(19)10-8-13/h7-11,15H,2-6,12H2,1H3. The minimum Gasteiger partial charge on any atom is -0.431 e. The molecule has 1 heterocycles. The lowest BCUT2D eigenvalue weighted by molar-refractivity contribution is -0.129. The zero-order valence-corrected chi connectivity index (χ0v) is 14.5. The Hall–Kier alpha value is -1.82. The molecule has 1 aromatic carbocycles. The van der Waals surface area contributed by atoms with Gasteiger partial charge < -0.3 is 9.32 Å². The van der Waals surface area contributed by atoms with E-state index in [0.717, 1.165) is 18.4 Å². The number of carbonyl (C=O) groups excluding carboxylic acids is 1. The average molecular weight is 348 g/mol. The Bertz CT molecular complexity index is 681. The number of aromatic nitrogens is 1. The van der Waals surface area contributed by atoms with Crippen LogP contribution in [0.3, 0.4) is 0 Å². The van der Waals surface area contributed by atoms with E-state index in [1.54, 1.807) is 18.3 Å². The third-order valence-electron chi connectivity index (χ3n) is 4.45. The number of rotatable bonds is 5. The maximum atomic E-state index is 13.0. The SMILES string of the molecule is CN(C(=O)CSc1ncc(-c2ccc(F)cc2)o1)C1CCCCC1. The summed E-state index contributed by atoms with van der Waals surface area (Å²) in [6, 6.07) is 6.42. The van der Waals surface area contributed by atoms with Crippen LogP contribution in [-0.2, 0) is 4.79 Å². The molecule has 1 amide bonds. The van der Waals surface area contributed by atoms with Gasteiger partial charge in [0.15, 0.2) is 5.76 Å². The van der Waals surface area contributed by atoms with Crippen LogP contribution >= 0.6 is 11.8 Å². The molecule has 6 heteroatoms. The molecule has 0 saturated heterocycles. The molecular formula is C18H21FN2O2S. The summed E-state index contributed by atoms with van der Waals surface area (Å²) in [6.07, 6.45) is 7.48. The maximum Gasteiger partial charge on any atom is 0.256 e. The molecule has 1 aliphatic carbocycles. The van der Waals surface area contributed by atoms with Crippen molar-refractivity contribution in [2.45, 2.75) is 43.4 Å². The zero-order chi connectivity index (χ0) is 16.9. The average Bonchev–Trinajstić information content (AvgIpc) is 3.09. The molecule has 128 valence electrons. The number of carbonyl (C=O) groups is 1. The van der Waals surface area contributed by atoms with E-state index in [9.17, 15) is 9.18 Å². The van der Waals surface area contributed by atoms with Crippen LogP contribution in [0.1, 0.15) is 32.1 Å². The molecular weight excluding hydrogens is 327 g/mol. The molecule has 0 aliphatic heterocycles. The van der Waals surface area contributed by atoms with Gasteiger partial charge in [-0.1, -0.05) is 31.0 Å². The largest absolute Gasteiger partial charge is 0.431 e. The number of halogens is 1. The highest BCUT2D eigenvalue weighted by Crippen LogP contribution is 2.27. The summed E-state index contributed by atoms with van der Waals surface area (Å²) >= 11 is 1.30. The van der Waals surface area contributed by atoms with Gasteiger partial charge in [-0.2, -0.15) is 0 Å². The molecule has 0 spiro atoms. The van der Waals surface area contributed by atoms with Gasteiger partial charge >= 0.3 is 0 Å². The number of oxazole rings is 1. The van der Waals surface area contributed by atoms with Gasteiger partial charge in [-0.05, 0) is 37.1 Å². The highest BCUT2D eigenvalue weighted by atomic mass is 32.2. The molecule has 1 saturated carbocycles. The Labute approximate surface area is 145 Å². The first kappa shape index (κ1) is 17.0. The molecule has 1 fully saturated rings. The van der Waals surface area contributed by atoms with Crippen molar-refractivity contribution in [1.82, 2.24) is 9.88 Å². The quantitative estimate of drug-likeness (QED) is 0.753. The van der Waals surface area contributed by atoms with Crippen molar-refractivity contribution < 1.29 is 13.6 Å². The van der Waals surface area contributed by atoms with Crippen LogP contribution in [0.4, 0.5) is 4.39 Å². The summed E-state index contributed by atoms with van der Waals surface area (Å²) < 4.78 is 18.6. The van der Waals surface area contributed by atoms with Gasteiger partial charge in [0.2, 0.25) is 5.91 Å². The third kappa shape index (κ3) is 4.17. The Balaban J connectivity index is 1.55. The minimum atomic E-state index is -0.288. The van der Waals surface area contributed by atoms with Gasteiger partial charge in [-0.15, -0.1) is 0 Å². The molecule has 3 rings (SSSR count). The summed E-state index contributed by atoms with van der Waals surface area (Å²) in [4.78, 5) is 18.4. The summed E-state index contributed by atoms with van der Waals surface area (Å²) in [5.74, 6) is 0.708. The van der Waals surface area contributed by atoms with Crippen LogP contribution < -0.4 is 0 Å². The fourth-order valence-electron chi connectivity index (χ4n) is 2.97. The summed E-state index contributed by atoms with van der Waals surface area (Å²) in [7, 11) is 1.89. The minimum absolute atomic E-state index is 0.105. The normalized spacial score (nSPS) is 15.4. The number of hydrogen-bond acceptors (Lipinski definition) is 4. The van der Waals surface area contributed by atoms with E-state index in [0.29, 0.717) is 22.8 Å². The van der Waals surface area contributed by atoms with Crippen LogP contribution in [0.15, 0.2) is 40.1 Å². The molecule has 0 radical (unpaired) electrons. The maximum absolute atomic E-state index is 13.0.